The monoisotopic (exact) mass is 411 g/mol. The summed E-state index contributed by atoms with van der Waals surface area (Å²) in [7, 11) is 0. The Labute approximate surface area is 173 Å². The van der Waals surface area contributed by atoms with Gasteiger partial charge in [0.15, 0.2) is 0 Å². The molecule has 29 heavy (non-hydrogen) atoms. The van der Waals surface area contributed by atoms with Gasteiger partial charge in [-0.3, -0.25) is 4.79 Å². The lowest BCUT2D eigenvalue weighted by Gasteiger charge is -2.27. The van der Waals surface area contributed by atoms with E-state index in [9.17, 15) is 4.79 Å². The number of rotatable bonds is 6. The van der Waals surface area contributed by atoms with Crippen LogP contribution in [0.4, 0.5) is 11.5 Å². The molecule has 0 atom stereocenters. The molecule has 0 spiro atoms. The number of nitrogens with zero attached hydrogens (tertiary/aromatic N) is 4. The molecule has 1 fully saturated rings. The first-order valence-corrected chi connectivity index (χ1v) is 9.89. The summed E-state index contributed by atoms with van der Waals surface area (Å²) in [5.74, 6) is 0.945. The number of nitrogens with one attached hydrogen (secondary N) is 1. The van der Waals surface area contributed by atoms with Crippen LogP contribution in [0.5, 0.6) is 0 Å². The highest BCUT2D eigenvalue weighted by atomic mass is 35.5. The molecule has 7 nitrogen and oxygen atoms in total. The molecule has 4 rings (SSSR count). The van der Waals surface area contributed by atoms with Crippen molar-refractivity contribution in [3.8, 4) is 0 Å². The lowest BCUT2D eigenvalue weighted by atomic mass is 10.2. The average Bonchev–Trinajstić information content (AvgIpc) is 2.78. The number of morpholine rings is 1. The molecule has 1 aromatic carbocycles. The molecule has 0 amide bonds. The molecule has 8 heteroatoms. The summed E-state index contributed by atoms with van der Waals surface area (Å²) < 4.78 is 6.73. The van der Waals surface area contributed by atoms with Gasteiger partial charge in [0, 0.05) is 25.8 Å². The maximum Gasteiger partial charge on any atom is 0.287 e. The second-order valence-corrected chi connectivity index (χ2v) is 7.18. The second kappa shape index (κ2) is 9.07. The van der Waals surface area contributed by atoms with Gasteiger partial charge in [0.25, 0.3) is 5.56 Å². The molecule has 1 aliphatic rings. The minimum atomic E-state index is -0.318. The number of anilines is 2. The number of benzene rings is 1. The molecule has 3 aromatic rings. The summed E-state index contributed by atoms with van der Waals surface area (Å²) >= 11 is 6.29. The molecular formula is C21H22ClN5O2. The first kappa shape index (κ1) is 19.4. The lowest BCUT2D eigenvalue weighted by Crippen LogP contribution is -2.36. The molecule has 1 N–H and O–H groups in total. The predicted molar refractivity (Wildman–Crippen MR) is 114 cm³/mol. The van der Waals surface area contributed by atoms with Crippen LogP contribution in [0.15, 0.2) is 59.7 Å². The summed E-state index contributed by atoms with van der Waals surface area (Å²) in [5.41, 5.74) is 2.18. The Morgan fingerprint density at radius 2 is 1.83 bits per heavy atom. The molecule has 0 saturated carbocycles. The van der Waals surface area contributed by atoms with Crippen LogP contribution in [0.1, 0.15) is 11.1 Å². The Balaban J connectivity index is 1.40. The van der Waals surface area contributed by atoms with Crippen molar-refractivity contribution in [2.75, 3.05) is 36.5 Å². The van der Waals surface area contributed by atoms with Crippen molar-refractivity contribution < 1.29 is 4.74 Å². The van der Waals surface area contributed by atoms with Gasteiger partial charge in [0.1, 0.15) is 10.8 Å². The Bertz CT molecular complexity index is 1000. The van der Waals surface area contributed by atoms with Gasteiger partial charge in [-0.05, 0) is 17.2 Å². The fraction of sp³-hybridized carbons (Fsp3) is 0.286. The van der Waals surface area contributed by atoms with Crippen LogP contribution < -0.4 is 15.8 Å². The van der Waals surface area contributed by atoms with Crippen LogP contribution >= 0.6 is 11.6 Å². The van der Waals surface area contributed by atoms with E-state index < -0.39 is 0 Å². The molecule has 0 bridgehead atoms. The van der Waals surface area contributed by atoms with Gasteiger partial charge in [0.05, 0.1) is 31.6 Å². The number of pyridine rings is 1. The van der Waals surface area contributed by atoms with Crippen molar-refractivity contribution in [3.63, 3.8) is 0 Å². The normalized spacial score (nSPS) is 14.0. The van der Waals surface area contributed by atoms with E-state index in [1.807, 2.05) is 48.7 Å². The lowest BCUT2D eigenvalue weighted by molar-refractivity contribution is 0.122. The van der Waals surface area contributed by atoms with Crippen molar-refractivity contribution in [1.82, 2.24) is 14.8 Å². The van der Waals surface area contributed by atoms with Crippen LogP contribution in [0, 0.1) is 0 Å². The smallest absolute Gasteiger partial charge is 0.287 e. The van der Waals surface area contributed by atoms with Gasteiger partial charge in [-0.1, -0.05) is 48.0 Å². The van der Waals surface area contributed by atoms with Crippen LogP contribution in [-0.4, -0.2) is 41.1 Å². The molecule has 1 saturated heterocycles. The van der Waals surface area contributed by atoms with E-state index in [-0.39, 0.29) is 10.6 Å². The Kier molecular flexibility index (Phi) is 6.07. The van der Waals surface area contributed by atoms with Crippen molar-refractivity contribution >= 4 is 23.1 Å². The molecule has 0 unspecified atom stereocenters. The SMILES string of the molecule is O=c1c(Cl)c(NCc2ccc(N3CCOCC3)nc2)cnn1Cc1ccccc1. The van der Waals surface area contributed by atoms with Crippen LogP contribution in [0.2, 0.25) is 5.02 Å². The molecule has 0 aliphatic carbocycles. The largest absolute Gasteiger partial charge is 0.378 e. The zero-order valence-electron chi connectivity index (χ0n) is 15.9. The zero-order chi connectivity index (χ0) is 20.1. The number of hydrogen-bond acceptors (Lipinski definition) is 6. The van der Waals surface area contributed by atoms with E-state index in [0.29, 0.717) is 18.8 Å². The third kappa shape index (κ3) is 4.75. The fourth-order valence-corrected chi connectivity index (χ4v) is 3.37. The van der Waals surface area contributed by atoms with Crippen molar-refractivity contribution in [2.45, 2.75) is 13.1 Å². The number of ether oxygens (including phenoxy) is 1. The van der Waals surface area contributed by atoms with E-state index in [4.69, 9.17) is 16.3 Å². The third-order valence-electron chi connectivity index (χ3n) is 4.79. The molecule has 0 radical (unpaired) electrons. The number of aromatic nitrogens is 3. The fourth-order valence-electron chi connectivity index (χ4n) is 3.16. The van der Waals surface area contributed by atoms with Crippen molar-refractivity contribution in [3.05, 3.63) is 81.4 Å². The van der Waals surface area contributed by atoms with Gasteiger partial charge in [0.2, 0.25) is 0 Å². The molecule has 3 heterocycles. The summed E-state index contributed by atoms with van der Waals surface area (Å²) in [5, 5.41) is 7.56. The van der Waals surface area contributed by atoms with E-state index in [2.05, 4.69) is 20.3 Å². The maximum atomic E-state index is 12.5. The standard InChI is InChI=1S/C21H22ClN5O2/c22-20-18(14-25-27(21(20)28)15-16-4-2-1-3-5-16)23-12-17-6-7-19(24-13-17)26-8-10-29-11-9-26/h1-7,13-14,23H,8-12,15H2. The van der Waals surface area contributed by atoms with Crippen molar-refractivity contribution in [1.29, 1.82) is 0 Å². The topological polar surface area (TPSA) is 72.3 Å². The Morgan fingerprint density at radius 3 is 2.55 bits per heavy atom. The van der Waals surface area contributed by atoms with E-state index >= 15 is 0 Å². The predicted octanol–water partition coefficient (Wildman–Crippen LogP) is 2.79. The molecule has 150 valence electrons. The minimum Gasteiger partial charge on any atom is -0.378 e. The van der Waals surface area contributed by atoms with Gasteiger partial charge < -0.3 is 15.0 Å². The maximum absolute atomic E-state index is 12.5. The van der Waals surface area contributed by atoms with Crippen LogP contribution in [0.3, 0.4) is 0 Å². The summed E-state index contributed by atoms with van der Waals surface area (Å²) in [6, 6.07) is 13.7. The van der Waals surface area contributed by atoms with Gasteiger partial charge in [-0.2, -0.15) is 5.10 Å². The van der Waals surface area contributed by atoms with Gasteiger partial charge >= 0.3 is 0 Å². The van der Waals surface area contributed by atoms with Crippen LogP contribution in [-0.2, 0) is 17.8 Å². The summed E-state index contributed by atoms with van der Waals surface area (Å²) in [4.78, 5) is 19.3. The highest BCUT2D eigenvalue weighted by molar-refractivity contribution is 6.32. The van der Waals surface area contributed by atoms with Crippen LogP contribution in [0.25, 0.3) is 0 Å². The zero-order valence-corrected chi connectivity index (χ0v) is 16.7. The number of halogens is 1. The third-order valence-corrected chi connectivity index (χ3v) is 5.15. The molecule has 2 aromatic heterocycles. The Morgan fingerprint density at radius 1 is 1.03 bits per heavy atom. The average molecular weight is 412 g/mol. The first-order valence-electron chi connectivity index (χ1n) is 9.52. The van der Waals surface area contributed by atoms with E-state index in [1.165, 1.54) is 4.68 Å². The molecule has 1 aliphatic heterocycles. The van der Waals surface area contributed by atoms with E-state index in [1.54, 1.807) is 6.20 Å². The van der Waals surface area contributed by atoms with Gasteiger partial charge in [-0.15, -0.1) is 0 Å². The van der Waals surface area contributed by atoms with E-state index in [0.717, 1.165) is 43.2 Å². The summed E-state index contributed by atoms with van der Waals surface area (Å²) in [6.07, 6.45) is 3.41. The molecular weight excluding hydrogens is 390 g/mol. The Hall–Kier alpha value is -2.90. The first-order chi connectivity index (χ1) is 14.2. The highest BCUT2D eigenvalue weighted by Crippen LogP contribution is 2.18. The quantitative estimate of drug-likeness (QED) is 0.672. The number of hydrogen-bond donors (Lipinski definition) is 1. The minimum absolute atomic E-state index is 0.133. The summed E-state index contributed by atoms with van der Waals surface area (Å²) in [6.45, 7) is 4.04. The van der Waals surface area contributed by atoms with Crippen molar-refractivity contribution in [2.24, 2.45) is 0 Å². The second-order valence-electron chi connectivity index (χ2n) is 6.80. The highest BCUT2D eigenvalue weighted by Gasteiger charge is 2.13. The van der Waals surface area contributed by atoms with Gasteiger partial charge in [-0.25, -0.2) is 9.67 Å².